The number of methoxy groups -OCH3 is 1. The van der Waals surface area contributed by atoms with Crippen molar-refractivity contribution in [3.05, 3.63) is 52.0 Å². The number of nitrogens with zero attached hydrogens (tertiary/aromatic N) is 1. The summed E-state index contributed by atoms with van der Waals surface area (Å²) in [5.41, 5.74) is 7.36. The molecule has 0 spiro atoms. The fourth-order valence-electron chi connectivity index (χ4n) is 1.89. The molecule has 2 rings (SSSR count). The highest BCUT2D eigenvalue weighted by molar-refractivity contribution is 9.10. The van der Waals surface area contributed by atoms with Gasteiger partial charge >= 0.3 is 0 Å². The van der Waals surface area contributed by atoms with Crippen LogP contribution < -0.4 is 15.2 Å². The minimum atomic E-state index is -0.0598. The summed E-state index contributed by atoms with van der Waals surface area (Å²) in [7, 11) is 1.55. The van der Waals surface area contributed by atoms with E-state index < -0.39 is 0 Å². The van der Waals surface area contributed by atoms with Gasteiger partial charge in [0.25, 0.3) is 0 Å². The van der Waals surface area contributed by atoms with E-state index in [-0.39, 0.29) is 6.04 Å². The first-order valence-electron chi connectivity index (χ1n) is 6.35. The number of rotatable bonds is 4. The molecule has 2 aromatic carbocycles. The Morgan fingerprint density at radius 1 is 1.14 bits per heavy atom. The van der Waals surface area contributed by atoms with E-state index in [1.165, 1.54) is 0 Å². The summed E-state index contributed by atoms with van der Waals surface area (Å²) in [5, 5.41) is 9.01. The fourth-order valence-corrected chi connectivity index (χ4v) is 2.61. The maximum Gasteiger partial charge on any atom is 0.132 e. The number of nitrogens with two attached hydrogens (primary N) is 1. The van der Waals surface area contributed by atoms with E-state index >= 15 is 0 Å². The maximum atomic E-state index is 9.01. The predicted octanol–water partition coefficient (Wildman–Crippen LogP) is 4.14. The van der Waals surface area contributed by atoms with Crippen molar-refractivity contribution >= 4 is 15.9 Å². The van der Waals surface area contributed by atoms with Crippen molar-refractivity contribution < 1.29 is 9.47 Å². The lowest BCUT2D eigenvalue weighted by Crippen LogP contribution is -2.05. The quantitative estimate of drug-likeness (QED) is 0.902. The summed E-state index contributed by atoms with van der Waals surface area (Å²) in [6.45, 7) is 1.92. The number of hydrogen-bond donors (Lipinski definition) is 1. The highest BCUT2D eigenvalue weighted by atomic mass is 79.9. The van der Waals surface area contributed by atoms with Gasteiger partial charge in [0.2, 0.25) is 0 Å². The minimum absolute atomic E-state index is 0.0598. The third kappa shape index (κ3) is 3.75. The van der Waals surface area contributed by atoms with Crippen LogP contribution in [0.2, 0.25) is 0 Å². The second-order valence-electron chi connectivity index (χ2n) is 4.58. The Bertz CT molecular complexity index is 693. The number of hydrogen-bond acceptors (Lipinski definition) is 4. The molecule has 5 heteroatoms. The molecule has 0 unspecified atom stereocenters. The zero-order valence-electron chi connectivity index (χ0n) is 11.8. The molecule has 0 aliphatic rings. The van der Waals surface area contributed by atoms with Crippen LogP contribution in [-0.2, 0) is 0 Å². The summed E-state index contributed by atoms with van der Waals surface area (Å²) in [6, 6.07) is 12.7. The Balaban J connectivity index is 2.30. The lowest BCUT2D eigenvalue weighted by atomic mass is 10.1. The van der Waals surface area contributed by atoms with Gasteiger partial charge in [-0.05, 0) is 36.8 Å². The first kappa shape index (κ1) is 15.4. The monoisotopic (exact) mass is 346 g/mol. The van der Waals surface area contributed by atoms with Crippen molar-refractivity contribution in [2.75, 3.05) is 7.11 Å². The van der Waals surface area contributed by atoms with Gasteiger partial charge in [0.05, 0.1) is 18.7 Å². The largest absolute Gasteiger partial charge is 0.497 e. The van der Waals surface area contributed by atoms with Crippen molar-refractivity contribution in [1.82, 2.24) is 0 Å². The van der Waals surface area contributed by atoms with Crippen LogP contribution in [0, 0.1) is 11.3 Å². The van der Waals surface area contributed by atoms with E-state index in [1.54, 1.807) is 25.3 Å². The van der Waals surface area contributed by atoms with E-state index in [2.05, 4.69) is 22.0 Å². The molecule has 0 amide bonds. The summed E-state index contributed by atoms with van der Waals surface area (Å²) in [4.78, 5) is 0. The minimum Gasteiger partial charge on any atom is -0.497 e. The molecule has 2 aromatic rings. The van der Waals surface area contributed by atoms with Crippen molar-refractivity contribution in [2.45, 2.75) is 13.0 Å². The lowest BCUT2D eigenvalue weighted by molar-refractivity contribution is 0.409. The first-order chi connectivity index (χ1) is 10.0. The van der Waals surface area contributed by atoms with Crippen LogP contribution in [0.4, 0.5) is 0 Å². The van der Waals surface area contributed by atoms with Crippen LogP contribution in [0.15, 0.2) is 40.9 Å². The molecule has 0 radical (unpaired) electrons. The van der Waals surface area contributed by atoms with Crippen molar-refractivity contribution in [3.8, 4) is 23.3 Å². The highest BCUT2D eigenvalue weighted by Crippen LogP contribution is 2.31. The zero-order valence-corrected chi connectivity index (χ0v) is 13.3. The van der Waals surface area contributed by atoms with Gasteiger partial charge in [-0.25, -0.2) is 0 Å². The highest BCUT2D eigenvalue weighted by Gasteiger charge is 2.08. The molecule has 0 saturated carbocycles. The first-order valence-corrected chi connectivity index (χ1v) is 7.15. The van der Waals surface area contributed by atoms with Gasteiger partial charge in [-0.1, -0.05) is 22.0 Å². The summed E-state index contributed by atoms with van der Waals surface area (Å²) < 4.78 is 11.8. The van der Waals surface area contributed by atoms with Crippen molar-refractivity contribution in [1.29, 1.82) is 5.26 Å². The van der Waals surface area contributed by atoms with Crippen LogP contribution in [0.3, 0.4) is 0 Å². The topological polar surface area (TPSA) is 68.3 Å². The van der Waals surface area contributed by atoms with Gasteiger partial charge in [0.15, 0.2) is 0 Å². The average Bonchev–Trinajstić information content (AvgIpc) is 2.46. The molecule has 0 aliphatic heterocycles. The Morgan fingerprint density at radius 3 is 2.43 bits per heavy atom. The Labute approximate surface area is 132 Å². The van der Waals surface area contributed by atoms with E-state index in [4.69, 9.17) is 20.5 Å². The van der Waals surface area contributed by atoms with Gasteiger partial charge in [-0.2, -0.15) is 5.26 Å². The second kappa shape index (κ2) is 6.61. The molecule has 0 saturated heterocycles. The van der Waals surface area contributed by atoms with E-state index in [0.717, 1.165) is 10.0 Å². The molecule has 0 heterocycles. The fraction of sp³-hybridized carbons (Fsp3) is 0.188. The van der Waals surface area contributed by atoms with Crippen LogP contribution in [0.5, 0.6) is 17.2 Å². The van der Waals surface area contributed by atoms with Crippen LogP contribution in [-0.4, -0.2) is 7.11 Å². The number of benzene rings is 2. The van der Waals surface area contributed by atoms with Crippen LogP contribution >= 0.6 is 15.9 Å². The molecule has 0 aromatic heterocycles. The number of halogens is 1. The Hall–Kier alpha value is -2.03. The second-order valence-corrected chi connectivity index (χ2v) is 5.44. The molecule has 1 atom stereocenters. The number of ether oxygens (including phenoxy) is 2. The van der Waals surface area contributed by atoms with Crippen LogP contribution in [0.1, 0.15) is 24.1 Å². The molecule has 4 nitrogen and oxygen atoms in total. The SMILES string of the molecule is COc1cc(C#N)cc(Oc2ccc([C@H](C)N)c(Br)c2)c1. The van der Waals surface area contributed by atoms with Gasteiger partial charge < -0.3 is 15.2 Å². The van der Waals surface area contributed by atoms with Gasteiger partial charge in [-0.3, -0.25) is 0 Å². The van der Waals surface area contributed by atoms with Gasteiger partial charge in [-0.15, -0.1) is 0 Å². The molecular weight excluding hydrogens is 332 g/mol. The third-order valence-corrected chi connectivity index (χ3v) is 3.63. The van der Waals surface area contributed by atoms with E-state index in [1.807, 2.05) is 25.1 Å². The van der Waals surface area contributed by atoms with Gasteiger partial charge in [0.1, 0.15) is 17.2 Å². The van der Waals surface area contributed by atoms with Crippen molar-refractivity contribution in [2.24, 2.45) is 5.73 Å². The molecular formula is C16H15BrN2O2. The van der Waals surface area contributed by atoms with E-state index in [0.29, 0.717) is 22.8 Å². The smallest absolute Gasteiger partial charge is 0.132 e. The number of nitriles is 1. The molecule has 2 N–H and O–H groups in total. The predicted molar refractivity (Wildman–Crippen MR) is 84.5 cm³/mol. The van der Waals surface area contributed by atoms with E-state index in [9.17, 15) is 0 Å². The molecule has 0 aliphatic carbocycles. The summed E-state index contributed by atoms with van der Waals surface area (Å²) in [5.74, 6) is 1.78. The van der Waals surface area contributed by atoms with Crippen molar-refractivity contribution in [3.63, 3.8) is 0 Å². The Morgan fingerprint density at radius 2 is 1.86 bits per heavy atom. The third-order valence-electron chi connectivity index (χ3n) is 2.94. The Kier molecular flexibility index (Phi) is 4.84. The standard InChI is InChI=1S/C16H15BrN2O2/c1-10(19)15-4-3-12(8-16(15)17)21-14-6-11(9-18)5-13(7-14)20-2/h3-8,10H,19H2,1-2H3/t10-/m0/s1. The molecule has 0 bridgehead atoms. The molecule has 0 fully saturated rings. The molecule has 21 heavy (non-hydrogen) atoms. The lowest BCUT2D eigenvalue weighted by Gasteiger charge is -2.12. The average molecular weight is 347 g/mol. The normalized spacial score (nSPS) is 11.6. The zero-order chi connectivity index (χ0) is 15.4. The summed E-state index contributed by atoms with van der Waals surface area (Å²) in [6.07, 6.45) is 0. The summed E-state index contributed by atoms with van der Waals surface area (Å²) >= 11 is 3.48. The van der Waals surface area contributed by atoms with Crippen LogP contribution in [0.25, 0.3) is 0 Å². The van der Waals surface area contributed by atoms with Gasteiger partial charge in [0, 0.05) is 16.6 Å². The molecule has 108 valence electrons. The maximum absolute atomic E-state index is 9.01.